The monoisotopic (exact) mass is 329 g/mol. The zero-order chi connectivity index (χ0) is 18.4. The van der Waals surface area contributed by atoms with E-state index in [1.807, 2.05) is 6.08 Å². The summed E-state index contributed by atoms with van der Waals surface area (Å²) in [5.41, 5.74) is 7.65. The summed E-state index contributed by atoms with van der Waals surface area (Å²) in [5.74, 6) is 0. The highest BCUT2D eigenvalue weighted by Crippen LogP contribution is 2.39. The van der Waals surface area contributed by atoms with Crippen molar-refractivity contribution in [2.45, 2.75) is 58.3 Å². The number of nitrogens with two attached hydrogens (primary N) is 1. The molecule has 1 heterocycles. The van der Waals surface area contributed by atoms with Crippen LogP contribution in [0.5, 0.6) is 0 Å². The van der Waals surface area contributed by atoms with Crippen molar-refractivity contribution >= 4 is 0 Å². The normalized spacial score (nSPS) is 15.8. The van der Waals surface area contributed by atoms with Gasteiger partial charge in [-0.3, -0.25) is 0 Å². The van der Waals surface area contributed by atoms with Gasteiger partial charge in [-0.25, -0.2) is 0 Å². The third kappa shape index (κ3) is 7.19. The first-order valence-corrected chi connectivity index (χ1v) is 8.96. The van der Waals surface area contributed by atoms with Gasteiger partial charge in [0.2, 0.25) is 0 Å². The van der Waals surface area contributed by atoms with Crippen molar-refractivity contribution in [3.63, 3.8) is 0 Å². The Bertz CT molecular complexity index is 494. The standard InChI is InChI=1S/C15H23N.C5H10.CH2N2/c1-4-15(9-11-16(3)12-10-15)14-8-6-5-7-13(14)2;1-3-5-4-2;2-1-3/h5-8H,4,9-12H2,1-3H3;3H,1,4-5H2,2H3;2H2. The molecular weight excluding hydrogens is 294 g/mol. The van der Waals surface area contributed by atoms with E-state index >= 15 is 0 Å². The van der Waals surface area contributed by atoms with E-state index in [0.717, 1.165) is 6.42 Å². The van der Waals surface area contributed by atoms with Gasteiger partial charge < -0.3 is 10.6 Å². The summed E-state index contributed by atoms with van der Waals surface area (Å²) in [5, 5.41) is 7.10. The van der Waals surface area contributed by atoms with Crippen molar-refractivity contribution in [3.8, 4) is 6.19 Å². The van der Waals surface area contributed by atoms with Gasteiger partial charge in [0.15, 0.2) is 6.19 Å². The topological polar surface area (TPSA) is 53.0 Å². The third-order valence-electron chi connectivity index (χ3n) is 4.83. The van der Waals surface area contributed by atoms with Crippen LogP contribution in [-0.4, -0.2) is 25.0 Å². The van der Waals surface area contributed by atoms with E-state index in [9.17, 15) is 0 Å². The molecule has 1 aliphatic rings. The number of benzene rings is 1. The lowest BCUT2D eigenvalue weighted by atomic mass is 9.69. The number of allylic oxidation sites excluding steroid dienone is 1. The first-order valence-electron chi connectivity index (χ1n) is 8.96. The highest BCUT2D eigenvalue weighted by molar-refractivity contribution is 5.34. The van der Waals surface area contributed by atoms with Crippen molar-refractivity contribution in [1.82, 2.24) is 4.90 Å². The van der Waals surface area contributed by atoms with Gasteiger partial charge in [-0.1, -0.05) is 50.6 Å². The SMILES string of the molecule is C=CCCC.CCC1(c2ccccc2C)CCN(C)CC1.N#CN. The van der Waals surface area contributed by atoms with Crippen LogP contribution in [-0.2, 0) is 5.41 Å². The maximum Gasteiger partial charge on any atom is 0.173 e. The fraction of sp³-hybridized carbons (Fsp3) is 0.571. The van der Waals surface area contributed by atoms with Crippen LogP contribution < -0.4 is 5.73 Å². The second kappa shape index (κ2) is 12.6. The van der Waals surface area contributed by atoms with E-state index in [1.165, 1.54) is 50.5 Å². The summed E-state index contributed by atoms with van der Waals surface area (Å²) in [4.78, 5) is 2.45. The summed E-state index contributed by atoms with van der Waals surface area (Å²) < 4.78 is 0. The second-order valence-electron chi connectivity index (χ2n) is 6.46. The number of rotatable bonds is 4. The highest BCUT2D eigenvalue weighted by Gasteiger charge is 2.34. The molecule has 0 aromatic heterocycles. The van der Waals surface area contributed by atoms with Gasteiger partial charge in [0.05, 0.1) is 0 Å². The van der Waals surface area contributed by atoms with Crippen LogP contribution in [0, 0.1) is 18.4 Å². The quantitative estimate of drug-likeness (QED) is 0.492. The van der Waals surface area contributed by atoms with Gasteiger partial charge in [-0.05, 0) is 69.3 Å². The van der Waals surface area contributed by atoms with E-state index < -0.39 is 0 Å². The predicted molar refractivity (Wildman–Crippen MR) is 105 cm³/mol. The summed E-state index contributed by atoms with van der Waals surface area (Å²) >= 11 is 0. The number of piperidine rings is 1. The van der Waals surface area contributed by atoms with Crippen LogP contribution in [0.15, 0.2) is 36.9 Å². The van der Waals surface area contributed by atoms with Gasteiger partial charge in [-0.2, -0.15) is 5.26 Å². The number of nitriles is 1. The Morgan fingerprint density at radius 1 is 1.29 bits per heavy atom. The molecule has 3 nitrogen and oxygen atoms in total. The van der Waals surface area contributed by atoms with Crippen LogP contribution in [0.1, 0.15) is 57.1 Å². The lowest BCUT2D eigenvalue weighted by Gasteiger charge is -2.41. The van der Waals surface area contributed by atoms with Crippen molar-refractivity contribution in [2.24, 2.45) is 5.73 Å². The summed E-state index contributed by atoms with van der Waals surface area (Å²) in [7, 11) is 2.23. The Morgan fingerprint density at radius 2 is 1.83 bits per heavy atom. The van der Waals surface area contributed by atoms with Crippen molar-refractivity contribution in [1.29, 1.82) is 5.26 Å². The molecule has 0 atom stereocenters. The van der Waals surface area contributed by atoms with Crippen LogP contribution in [0.25, 0.3) is 0 Å². The molecule has 2 N–H and O–H groups in total. The molecule has 1 aliphatic heterocycles. The average molecular weight is 330 g/mol. The Balaban J connectivity index is 0.000000559. The van der Waals surface area contributed by atoms with Crippen LogP contribution in [0.4, 0.5) is 0 Å². The Labute approximate surface area is 149 Å². The van der Waals surface area contributed by atoms with Crippen molar-refractivity contribution in [3.05, 3.63) is 48.0 Å². The minimum atomic E-state index is 0.442. The minimum Gasteiger partial charge on any atom is -0.337 e. The fourth-order valence-electron chi connectivity index (χ4n) is 3.23. The largest absolute Gasteiger partial charge is 0.337 e. The molecule has 0 unspecified atom stereocenters. The molecule has 0 radical (unpaired) electrons. The van der Waals surface area contributed by atoms with E-state index in [4.69, 9.17) is 5.26 Å². The highest BCUT2D eigenvalue weighted by atomic mass is 15.1. The van der Waals surface area contributed by atoms with Gasteiger partial charge in [-0.15, -0.1) is 6.58 Å². The molecule has 0 amide bonds. The Kier molecular flexibility index (Phi) is 11.7. The van der Waals surface area contributed by atoms with Crippen LogP contribution >= 0.6 is 0 Å². The number of likely N-dealkylation sites (tertiary alicyclic amines) is 1. The number of aryl methyl sites for hydroxylation is 1. The van der Waals surface area contributed by atoms with Gasteiger partial charge in [0.1, 0.15) is 0 Å². The van der Waals surface area contributed by atoms with Gasteiger partial charge >= 0.3 is 0 Å². The molecule has 0 aliphatic carbocycles. The first kappa shape index (κ1) is 22.2. The molecule has 1 aromatic carbocycles. The second-order valence-corrected chi connectivity index (χ2v) is 6.46. The molecular formula is C21H35N3. The van der Waals surface area contributed by atoms with E-state index in [1.54, 1.807) is 5.56 Å². The summed E-state index contributed by atoms with van der Waals surface area (Å²) in [6.45, 7) is 12.8. The molecule has 3 heteroatoms. The van der Waals surface area contributed by atoms with Crippen LogP contribution in [0.2, 0.25) is 0 Å². The lowest BCUT2D eigenvalue weighted by Crippen LogP contribution is -2.40. The fourth-order valence-corrected chi connectivity index (χ4v) is 3.23. The molecule has 0 spiro atoms. The van der Waals surface area contributed by atoms with Crippen molar-refractivity contribution in [2.75, 3.05) is 20.1 Å². The van der Waals surface area contributed by atoms with E-state index in [0.29, 0.717) is 5.41 Å². The van der Waals surface area contributed by atoms with E-state index in [-0.39, 0.29) is 0 Å². The summed E-state index contributed by atoms with van der Waals surface area (Å²) in [6.07, 6.45) is 9.45. The van der Waals surface area contributed by atoms with Gasteiger partial charge in [0, 0.05) is 0 Å². The molecule has 1 saturated heterocycles. The zero-order valence-electron chi connectivity index (χ0n) is 16.0. The predicted octanol–water partition coefficient (Wildman–Crippen LogP) is 4.77. The number of unbranched alkanes of at least 4 members (excludes halogenated alkanes) is 1. The van der Waals surface area contributed by atoms with Crippen LogP contribution in [0.3, 0.4) is 0 Å². The molecule has 2 rings (SSSR count). The Hall–Kier alpha value is -1.79. The minimum absolute atomic E-state index is 0.442. The smallest absolute Gasteiger partial charge is 0.173 e. The number of nitrogens with zero attached hydrogens (tertiary/aromatic N) is 2. The Morgan fingerprint density at radius 3 is 2.21 bits per heavy atom. The zero-order valence-corrected chi connectivity index (χ0v) is 16.0. The van der Waals surface area contributed by atoms with E-state index in [2.05, 4.69) is 69.3 Å². The number of hydrogen-bond donors (Lipinski definition) is 1. The lowest BCUT2D eigenvalue weighted by molar-refractivity contribution is 0.182. The molecule has 0 bridgehead atoms. The molecule has 1 fully saturated rings. The number of hydrogen-bond acceptors (Lipinski definition) is 3. The third-order valence-corrected chi connectivity index (χ3v) is 4.83. The molecule has 0 saturated carbocycles. The summed E-state index contributed by atoms with van der Waals surface area (Å²) in [6, 6.07) is 8.93. The molecule has 134 valence electrons. The maximum atomic E-state index is 7.10. The molecule has 24 heavy (non-hydrogen) atoms. The maximum absolute atomic E-state index is 7.10. The average Bonchev–Trinajstić information content (AvgIpc) is 2.59. The molecule has 1 aromatic rings. The van der Waals surface area contributed by atoms with Gasteiger partial charge in [0.25, 0.3) is 0 Å². The van der Waals surface area contributed by atoms with Crippen molar-refractivity contribution < 1.29 is 0 Å². The first-order chi connectivity index (χ1) is 11.5.